The van der Waals surface area contributed by atoms with Crippen LogP contribution in [0, 0.1) is 0 Å². The van der Waals surface area contributed by atoms with Gasteiger partial charge >= 0.3 is 0 Å². The Morgan fingerprint density at radius 2 is 2.10 bits per heavy atom. The van der Waals surface area contributed by atoms with Gasteiger partial charge in [-0.05, 0) is 30.3 Å². The van der Waals surface area contributed by atoms with E-state index in [1.165, 1.54) is 5.56 Å². The zero-order chi connectivity index (χ0) is 13.9. The third-order valence-corrected chi connectivity index (χ3v) is 3.64. The van der Waals surface area contributed by atoms with Gasteiger partial charge in [0, 0.05) is 18.5 Å². The summed E-state index contributed by atoms with van der Waals surface area (Å²) in [4.78, 5) is 0. The number of fused-ring (bicyclic) bond motifs is 1. The standard InChI is InChI=1S/C17H19NO2/c1-18-11-15-10-13-6-4-8-16(17(13)20-15)12-5-3-7-14(9-12)19-2/h3-9,15,18H,10-11H2,1-2H3. The molecule has 1 unspecified atom stereocenters. The first-order valence-corrected chi connectivity index (χ1v) is 6.89. The van der Waals surface area contributed by atoms with E-state index >= 15 is 0 Å². The number of hydrogen-bond donors (Lipinski definition) is 1. The summed E-state index contributed by atoms with van der Waals surface area (Å²) in [6.45, 7) is 0.867. The Bertz CT molecular complexity index is 610. The van der Waals surface area contributed by atoms with Crippen molar-refractivity contribution in [1.82, 2.24) is 5.32 Å². The summed E-state index contributed by atoms with van der Waals surface area (Å²) < 4.78 is 11.4. The van der Waals surface area contributed by atoms with E-state index in [-0.39, 0.29) is 6.10 Å². The van der Waals surface area contributed by atoms with Crippen molar-refractivity contribution in [2.24, 2.45) is 0 Å². The molecule has 1 heterocycles. The number of ether oxygens (including phenoxy) is 2. The average molecular weight is 269 g/mol. The maximum absolute atomic E-state index is 6.10. The molecule has 3 heteroatoms. The monoisotopic (exact) mass is 269 g/mol. The van der Waals surface area contributed by atoms with E-state index < -0.39 is 0 Å². The van der Waals surface area contributed by atoms with Gasteiger partial charge in [0.1, 0.15) is 17.6 Å². The summed E-state index contributed by atoms with van der Waals surface area (Å²) in [7, 11) is 3.64. The van der Waals surface area contributed by atoms with Crippen LogP contribution in [0.25, 0.3) is 11.1 Å². The molecule has 0 fully saturated rings. The molecular weight excluding hydrogens is 250 g/mol. The maximum Gasteiger partial charge on any atom is 0.130 e. The highest BCUT2D eigenvalue weighted by molar-refractivity contribution is 5.74. The van der Waals surface area contributed by atoms with Crippen molar-refractivity contribution >= 4 is 0 Å². The van der Waals surface area contributed by atoms with Crippen molar-refractivity contribution in [1.29, 1.82) is 0 Å². The molecule has 0 amide bonds. The average Bonchev–Trinajstić information content (AvgIpc) is 2.90. The van der Waals surface area contributed by atoms with E-state index in [0.29, 0.717) is 0 Å². The molecule has 1 atom stereocenters. The van der Waals surface area contributed by atoms with E-state index in [9.17, 15) is 0 Å². The van der Waals surface area contributed by atoms with Gasteiger partial charge in [0.2, 0.25) is 0 Å². The minimum atomic E-state index is 0.224. The molecule has 20 heavy (non-hydrogen) atoms. The van der Waals surface area contributed by atoms with Gasteiger partial charge < -0.3 is 14.8 Å². The highest BCUT2D eigenvalue weighted by atomic mass is 16.5. The Labute approximate surface area is 119 Å². The third-order valence-electron chi connectivity index (χ3n) is 3.64. The first-order chi connectivity index (χ1) is 9.81. The van der Waals surface area contributed by atoms with Crippen LogP contribution in [0.2, 0.25) is 0 Å². The van der Waals surface area contributed by atoms with Gasteiger partial charge in [-0.2, -0.15) is 0 Å². The second kappa shape index (κ2) is 5.55. The molecule has 0 saturated heterocycles. The Morgan fingerprint density at radius 1 is 1.25 bits per heavy atom. The van der Waals surface area contributed by atoms with Crippen LogP contribution in [0.1, 0.15) is 5.56 Å². The van der Waals surface area contributed by atoms with Crippen molar-refractivity contribution in [3.05, 3.63) is 48.0 Å². The molecular formula is C17H19NO2. The Hall–Kier alpha value is -2.00. The maximum atomic E-state index is 6.10. The molecule has 0 bridgehead atoms. The van der Waals surface area contributed by atoms with Crippen molar-refractivity contribution in [3.63, 3.8) is 0 Å². The SMILES string of the molecule is CNCC1Cc2cccc(-c3cccc(OC)c3)c2O1. The number of methoxy groups -OCH3 is 1. The molecule has 1 aliphatic heterocycles. The van der Waals surface area contributed by atoms with E-state index in [2.05, 4.69) is 29.6 Å². The van der Waals surface area contributed by atoms with Gasteiger partial charge in [0.15, 0.2) is 0 Å². The van der Waals surface area contributed by atoms with Crippen LogP contribution in [0.5, 0.6) is 11.5 Å². The lowest BCUT2D eigenvalue weighted by Gasteiger charge is -2.12. The molecule has 0 saturated carbocycles. The van der Waals surface area contributed by atoms with Crippen LogP contribution in [0.4, 0.5) is 0 Å². The van der Waals surface area contributed by atoms with E-state index in [1.807, 2.05) is 25.2 Å². The van der Waals surface area contributed by atoms with Crippen molar-refractivity contribution in [2.45, 2.75) is 12.5 Å². The van der Waals surface area contributed by atoms with Crippen molar-refractivity contribution < 1.29 is 9.47 Å². The Morgan fingerprint density at radius 3 is 2.90 bits per heavy atom. The Balaban J connectivity index is 1.98. The van der Waals surface area contributed by atoms with Gasteiger partial charge in [-0.15, -0.1) is 0 Å². The fraction of sp³-hybridized carbons (Fsp3) is 0.294. The van der Waals surface area contributed by atoms with Gasteiger partial charge in [0.25, 0.3) is 0 Å². The molecule has 0 aromatic heterocycles. The molecule has 104 valence electrons. The van der Waals surface area contributed by atoms with Crippen molar-refractivity contribution in [3.8, 4) is 22.6 Å². The van der Waals surface area contributed by atoms with Gasteiger partial charge in [0.05, 0.1) is 7.11 Å². The smallest absolute Gasteiger partial charge is 0.130 e. The lowest BCUT2D eigenvalue weighted by atomic mass is 10.0. The van der Waals surface area contributed by atoms with Crippen LogP contribution < -0.4 is 14.8 Å². The van der Waals surface area contributed by atoms with Crippen LogP contribution in [-0.4, -0.2) is 26.8 Å². The Kier molecular flexibility index (Phi) is 3.61. The number of rotatable bonds is 4. The second-order valence-corrected chi connectivity index (χ2v) is 5.03. The number of hydrogen-bond acceptors (Lipinski definition) is 3. The molecule has 3 nitrogen and oxygen atoms in total. The van der Waals surface area contributed by atoms with Gasteiger partial charge in [-0.1, -0.05) is 30.3 Å². The number of likely N-dealkylation sites (N-methyl/N-ethyl adjacent to an activating group) is 1. The summed E-state index contributed by atoms with van der Waals surface area (Å²) in [6.07, 6.45) is 1.19. The summed E-state index contributed by atoms with van der Waals surface area (Å²) in [5.74, 6) is 1.88. The van der Waals surface area contributed by atoms with E-state index in [1.54, 1.807) is 7.11 Å². The number of nitrogens with one attached hydrogen (secondary N) is 1. The topological polar surface area (TPSA) is 30.5 Å². The van der Waals surface area contributed by atoms with Crippen LogP contribution in [-0.2, 0) is 6.42 Å². The first kappa shape index (κ1) is 13.0. The van der Waals surface area contributed by atoms with Crippen molar-refractivity contribution in [2.75, 3.05) is 20.7 Å². The first-order valence-electron chi connectivity index (χ1n) is 6.89. The van der Waals surface area contributed by atoms with Gasteiger partial charge in [-0.3, -0.25) is 0 Å². The zero-order valence-corrected chi connectivity index (χ0v) is 11.8. The predicted molar refractivity (Wildman–Crippen MR) is 80.5 cm³/mol. The fourth-order valence-electron chi connectivity index (χ4n) is 2.70. The molecule has 2 aromatic carbocycles. The summed E-state index contributed by atoms with van der Waals surface area (Å²) in [5, 5.41) is 3.18. The van der Waals surface area contributed by atoms with Gasteiger partial charge in [-0.25, -0.2) is 0 Å². The summed E-state index contributed by atoms with van der Waals surface area (Å²) in [6, 6.07) is 14.4. The quantitative estimate of drug-likeness (QED) is 0.925. The van der Waals surface area contributed by atoms with Crippen LogP contribution in [0.3, 0.4) is 0 Å². The number of benzene rings is 2. The summed E-state index contributed by atoms with van der Waals surface area (Å²) >= 11 is 0. The minimum absolute atomic E-state index is 0.224. The third kappa shape index (κ3) is 2.37. The molecule has 1 aliphatic rings. The van der Waals surface area contributed by atoms with Crippen LogP contribution >= 0.6 is 0 Å². The number of para-hydroxylation sites is 1. The minimum Gasteiger partial charge on any atom is -0.497 e. The van der Waals surface area contributed by atoms with E-state index in [4.69, 9.17) is 9.47 Å². The normalized spacial score (nSPS) is 16.6. The molecule has 2 aromatic rings. The van der Waals surface area contributed by atoms with Crippen LogP contribution in [0.15, 0.2) is 42.5 Å². The highest BCUT2D eigenvalue weighted by Gasteiger charge is 2.25. The van der Waals surface area contributed by atoms with E-state index in [0.717, 1.165) is 35.6 Å². The molecule has 0 radical (unpaired) electrons. The zero-order valence-electron chi connectivity index (χ0n) is 11.8. The largest absolute Gasteiger partial charge is 0.497 e. The second-order valence-electron chi connectivity index (χ2n) is 5.03. The lowest BCUT2D eigenvalue weighted by molar-refractivity contribution is 0.232. The molecule has 1 N–H and O–H groups in total. The predicted octanol–water partition coefficient (Wildman–Crippen LogP) is 2.89. The molecule has 0 spiro atoms. The lowest BCUT2D eigenvalue weighted by Crippen LogP contribution is -2.27. The summed E-state index contributed by atoms with van der Waals surface area (Å²) in [5.41, 5.74) is 3.55. The fourth-order valence-corrected chi connectivity index (χ4v) is 2.70. The highest BCUT2D eigenvalue weighted by Crippen LogP contribution is 2.39. The molecule has 3 rings (SSSR count). The molecule has 0 aliphatic carbocycles.